The highest BCUT2D eigenvalue weighted by Crippen LogP contribution is 2.36. The fourth-order valence-corrected chi connectivity index (χ4v) is 12.9. The lowest BCUT2D eigenvalue weighted by Crippen LogP contribution is -2.50. The lowest BCUT2D eigenvalue weighted by atomic mass is 9.81. The fraction of sp³-hybridized carbons (Fsp3) is 0.648. The van der Waals surface area contributed by atoms with Crippen LogP contribution in [0.1, 0.15) is 153 Å². The van der Waals surface area contributed by atoms with Crippen LogP contribution in [0.2, 0.25) is 0 Å². The fourth-order valence-electron chi connectivity index (χ4n) is 9.39. The highest BCUT2D eigenvalue weighted by Gasteiger charge is 2.42. The van der Waals surface area contributed by atoms with Gasteiger partial charge in [-0.05, 0) is 83.2 Å². The van der Waals surface area contributed by atoms with E-state index in [4.69, 9.17) is 9.47 Å². The van der Waals surface area contributed by atoms with E-state index < -0.39 is 63.9 Å². The number of aromatic nitrogens is 1. The lowest BCUT2D eigenvalue weighted by molar-refractivity contribution is -0.150. The van der Waals surface area contributed by atoms with Gasteiger partial charge in [-0.1, -0.05) is 53.5 Å². The molecule has 4 heterocycles. The van der Waals surface area contributed by atoms with Gasteiger partial charge in [0.05, 0.1) is 21.7 Å². The number of thiazole rings is 1. The number of Topliss-reactive ketones (excluding diaryl/α,β-unsaturated/α-hetero) is 1. The van der Waals surface area contributed by atoms with Crippen molar-refractivity contribution in [2.45, 2.75) is 167 Å². The number of amides is 7. The second-order valence-electron chi connectivity index (χ2n) is 21.1. The molecule has 76 heavy (non-hydrogen) atoms. The number of fused-ring (bicyclic) bond motifs is 5. The van der Waals surface area contributed by atoms with Crippen molar-refractivity contribution < 1.29 is 57.4 Å². The maximum atomic E-state index is 14.4. The molecular formula is C54H77N7O12S3. The molecule has 3 aliphatic heterocycles. The largest absolute Gasteiger partial charge is 0.455 e. The minimum Gasteiger partial charge on any atom is -0.455 e. The van der Waals surface area contributed by atoms with E-state index in [0.29, 0.717) is 41.3 Å². The quantitative estimate of drug-likeness (QED) is 0.0833. The number of thioether (sulfide) groups is 2. The second kappa shape index (κ2) is 27.9. The van der Waals surface area contributed by atoms with Crippen LogP contribution in [0, 0.1) is 17.8 Å². The standard InChI is InChI=1S/C54H77N7O12S3/c1-12-16-35(55-49(68)38-29-74-50(57-38)41(72-33(6)62)26-39(31(3)4)59(11)51(69)36(32(5)13-2)25-44(63)54(7,8)58(9)10)23-34-19-20-40-37(24-34)56-45(64)17-14-21-60-46(65)27-42(52(60)70)75-30-76-43-28-47(66)61(53(43)71)22-15-18-48(67)73-40/h19-20,24,29,31-32,35-36,39,41-43H,12-18,21-23,25-28,30H2,1-11H3,(H,55,68)(H,56,64)/t32-,35+,36-,39+,41+,42?,43?/m0/s1. The number of hydrogen-bond acceptors (Lipinski definition) is 17. The molecule has 22 heteroatoms. The Morgan fingerprint density at radius 3 is 2.11 bits per heavy atom. The summed E-state index contributed by atoms with van der Waals surface area (Å²) in [4.78, 5) is 144. The van der Waals surface area contributed by atoms with Crippen molar-refractivity contribution >= 4 is 99.6 Å². The highest BCUT2D eigenvalue weighted by atomic mass is 32.2. The first-order chi connectivity index (χ1) is 35.9. The zero-order valence-corrected chi connectivity index (χ0v) is 48.3. The SMILES string of the molecule is CCC[C@H](Cc1ccc2c(c1)NC(=O)CCCN1C(=O)CC(SCSC3CC(=O)N(CCCC(=O)O2)C3=O)C1=O)NC(=O)c1csc([C@@H](C[C@H](C(C)C)N(C)C(=O)[C@@H](CC(=O)C(C)(C)N(C)C)[C@@H](C)CC)OC(C)=O)n1. The number of ether oxygens (including phenoxy) is 2. The zero-order chi connectivity index (χ0) is 56.2. The van der Waals surface area contributed by atoms with Crippen LogP contribution in [0.4, 0.5) is 5.69 Å². The van der Waals surface area contributed by atoms with Gasteiger partial charge < -0.3 is 25.0 Å². The number of carbonyl (C=O) groups is 10. The van der Waals surface area contributed by atoms with Gasteiger partial charge in [0.1, 0.15) is 10.7 Å². The number of nitrogens with one attached hydrogen (secondary N) is 2. The molecular weight excluding hydrogens is 1030 g/mol. The number of imide groups is 2. The summed E-state index contributed by atoms with van der Waals surface area (Å²) >= 11 is 3.67. The third-order valence-electron chi connectivity index (χ3n) is 14.8. The molecule has 2 saturated heterocycles. The minimum atomic E-state index is -0.891. The maximum Gasteiger partial charge on any atom is 0.311 e. The van der Waals surface area contributed by atoms with Crippen LogP contribution in [0.25, 0.3) is 0 Å². The van der Waals surface area contributed by atoms with E-state index in [1.165, 1.54) is 30.4 Å². The molecule has 7 atom stereocenters. The normalized spacial score (nSPS) is 20.3. The first-order valence-electron chi connectivity index (χ1n) is 26.3. The van der Waals surface area contributed by atoms with E-state index in [-0.39, 0.29) is 129 Å². The first-order valence-corrected chi connectivity index (χ1v) is 29.3. The van der Waals surface area contributed by atoms with Gasteiger partial charge >= 0.3 is 11.9 Å². The maximum absolute atomic E-state index is 14.4. The van der Waals surface area contributed by atoms with Crippen LogP contribution < -0.4 is 15.4 Å². The number of hydrogen-bond donors (Lipinski definition) is 2. The predicted octanol–water partition coefficient (Wildman–Crippen LogP) is 6.82. The Bertz CT molecular complexity index is 2480. The monoisotopic (exact) mass is 1110 g/mol. The number of rotatable bonds is 19. The van der Waals surface area contributed by atoms with Crippen LogP contribution in [0.3, 0.4) is 0 Å². The number of likely N-dealkylation sites (N-methyl/N-ethyl adjacent to an activating group) is 1. The highest BCUT2D eigenvalue weighted by molar-refractivity contribution is 8.17. The number of benzene rings is 1. The van der Waals surface area contributed by atoms with Crippen molar-refractivity contribution in [2.24, 2.45) is 17.8 Å². The van der Waals surface area contributed by atoms with Gasteiger partial charge in [-0.15, -0.1) is 34.9 Å². The average Bonchev–Trinajstić information content (AvgIpc) is 4.03. The molecule has 418 valence electrons. The number of carbonyl (C=O) groups excluding carboxylic acids is 10. The molecule has 0 spiro atoms. The van der Waals surface area contributed by atoms with Crippen molar-refractivity contribution in [1.29, 1.82) is 0 Å². The summed E-state index contributed by atoms with van der Waals surface area (Å²) in [7, 11) is 5.40. The molecule has 0 saturated carbocycles. The van der Waals surface area contributed by atoms with Crippen molar-refractivity contribution in [3.05, 3.63) is 39.8 Å². The van der Waals surface area contributed by atoms with Crippen molar-refractivity contribution in [3.8, 4) is 5.75 Å². The molecule has 2 fully saturated rings. The Morgan fingerprint density at radius 1 is 0.921 bits per heavy atom. The molecule has 3 aliphatic rings. The number of anilines is 1. The molecule has 2 N–H and O–H groups in total. The molecule has 2 unspecified atom stereocenters. The molecule has 4 bridgehead atoms. The summed E-state index contributed by atoms with van der Waals surface area (Å²) in [5, 5.41) is 6.98. The summed E-state index contributed by atoms with van der Waals surface area (Å²) in [6, 6.07) is 4.07. The summed E-state index contributed by atoms with van der Waals surface area (Å²) in [6.45, 7) is 14.9. The molecule has 1 aromatic heterocycles. The van der Waals surface area contributed by atoms with Gasteiger partial charge in [0, 0.05) is 94.1 Å². The van der Waals surface area contributed by atoms with Crippen LogP contribution in [0.15, 0.2) is 23.6 Å². The first kappa shape index (κ1) is 61.7. The summed E-state index contributed by atoms with van der Waals surface area (Å²) in [6.07, 6.45) is 1.78. The molecule has 5 rings (SSSR count). The van der Waals surface area contributed by atoms with Gasteiger partial charge in [0.2, 0.25) is 35.4 Å². The molecule has 19 nitrogen and oxygen atoms in total. The van der Waals surface area contributed by atoms with Crippen molar-refractivity contribution in [2.75, 3.05) is 44.6 Å². The second-order valence-corrected chi connectivity index (χ2v) is 24.7. The Balaban J connectivity index is 1.32. The number of ketones is 1. The molecule has 0 radical (unpaired) electrons. The van der Waals surface area contributed by atoms with E-state index in [1.54, 1.807) is 35.5 Å². The molecule has 2 aromatic rings. The molecule has 1 aromatic carbocycles. The van der Waals surface area contributed by atoms with E-state index in [0.717, 1.165) is 21.1 Å². The van der Waals surface area contributed by atoms with Crippen LogP contribution in [-0.4, -0.2) is 151 Å². The van der Waals surface area contributed by atoms with E-state index in [9.17, 15) is 47.9 Å². The third-order valence-corrected chi connectivity index (χ3v) is 18.3. The van der Waals surface area contributed by atoms with Crippen LogP contribution >= 0.6 is 34.9 Å². The average molecular weight is 1110 g/mol. The zero-order valence-electron chi connectivity index (χ0n) is 45.9. The van der Waals surface area contributed by atoms with Crippen molar-refractivity contribution in [1.82, 2.24) is 29.9 Å². The van der Waals surface area contributed by atoms with Gasteiger partial charge in [-0.25, -0.2) is 4.98 Å². The van der Waals surface area contributed by atoms with E-state index >= 15 is 0 Å². The number of esters is 2. The summed E-state index contributed by atoms with van der Waals surface area (Å²) in [5.41, 5.74) is 0.202. The Labute approximate surface area is 459 Å². The predicted molar refractivity (Wildman–Crippen MR) is 292 cm³/mol. The molecule has 7 amide bonds. The van der Waals surface area contributed by atoms with Gasteiger partial charge in [-0.2, -0.15) is 0 Å². The van der Waals surface area contributed by atoms with Gasteiger partial charge in [0.25, 0.3) is 5.91 Å². The summed E-state index contributed by atoms with van der Waals surface area (Å²) in [5.74, 6) is -4.41. The Hall–Kier alpha value is -5.19. The van der Waals surface area contributed by atoms with E-state index in [1.807, 2.05) is 67.5 Å². The van der Waals surface area contributed by atoms with Crippen molar-refractivity contribution in [3.63, 3.8) is 0 Å². The third kappa shape index (κ3) is 16.2. The van der Waals surface area contributed by atoms with Crippen LogP contribution in [0.5, 0.6) is 5.75 Å². The van der Waals surface area contributed by atoms with Gasteiger partial charge in [-0.3, -0.25) is 62.6 Å². The van der Waals surface area contributed by atoms with Gasteiger partial charge in [0.15, 0.2) is 17.6 Å². The minimum absolute atomic E-state index is 0.00541. The Kier molecular flexibility index (Phi) is 22.7. The Morgan fingerprint density at radius 2 is 1.54 bits per heavy atom. The topological polar surface area (TPSA) is 239 Å². The number of nitrogens with zero attached hydrogens (tertiary/aromatic N) is 5. The molecule has 0 aliphatic carbocycles. The lowest BCUT2D eigenvalue weighted by Gasteiger charge is -2.38. The smallest absolute Gasteiger partial charge is 0.311 e. The van der Waals surface area contributed by atoms with Crippen LogP contribution in [-0.2, 0) is 54.3 Å². The summed E-state index contributed by atoms with van der Waals surface area (Å²) < 4.78 is 11.6. The van der Waals surface area contributed by atoms with E-state index in [2.05, 4.69) is 15.6 Å².